The summed E-state index contributed by atoms with van der Waals surface area (Å²) < 4.78 is 1.82. The molecule has 0 aliphatic heterocycles. The average molecular weight is 228 g/mol. The largest absolute Gasteiger partial charge is 0.327 e. The number of nitrogens with zero attached hydrogens (tertiary/aromatic N) is 2. The molecule has 0 aromatic carbocycles. The van der Waals surface area contributed by atoms with Crippen LogP contribution >= 0.6 is 0 Å². The van der Waals surface area contributed by atoms with E-state index in [1.165, 1.54) is 0 Å². The summed E-state index contributed by atoms with van der Waals surface area (Å²) in [6.07, 6.45) is 0.238. The molecule has 0 unspecified atom stereocenters. The number of hydrogen-bond acceptors (Lipinski definition) is 4. The zero-order chi connectivity index (χ0) is 12.2. The fraction of sp³-hybridized carbons (Fsp3) is 0.700. The summed E-state index contributed by atoms with van der Waals surface area (Å²) in [7, 11) is 0.315. The Labute approximate surface area is 92.4 Å². The quantitative estimate of drug-likeness (QED) is 0.311. The summed E-state index contributed by atoms with van der Waals surface area (Å²) in [5.74, 6) is -0.845. The van der Waals surface area contributed by atoms with Crippen molar-refractivity contribution in [3.63, 3.8) is 0 Å². The van der Waals surface area contributed by atoms with Gasteiger partial charge in [-0.25, -0.2) is 0 Å². The molecule has 0 atom stereocenters. The molecular formula is C10H20N2O2Si. The maximum absolute atomic E-state index is 11.4. The summed E-state index contributed by atoms with van der Waals surface area (Å²) in [6.45, 7) is 9.63. The van der Waals surface area contributed by atoms with Crippen LogP contribution in [-0.2, 0) is 9.59 Å². The Hall–Kier alpha value is -0.973. The van der Waals surface area contributed by atoms with E-state index in [0.29, 0.717) is 0 Å². The molecule has 86 valence electrons. The van der Waals surface area contributed by atoms with Crippen LogP contribution in [0.3, 0.4) is 0 Å². The van der Waals surface area contributed by atoms with Crippen molar-refractivity contribution in [2.75, 3.05) is 7.05 Å². The highest BCUT2D eigenvalue weighted by Crippen LogP contribution is 2.07. The van der Waals surface area contributed by atoms with E-state index in [9.17, 15) is 9.59 Å². The first-order valence-electron chi connectivity index (χ1n) is 5.06. The lowest BCUT2D eigenvalue weighted by atomic mass is 10.1. The lowest BCUT2D eigenvalue weighted by Crippen LogP contribution is -2.40. The topological polar surface area (TPSA) is 49.7 Å². The van der Waals surface area contributed by atoms with E-state index in [4.69, 9.17) is 0 Å². The van der Waals surface area contributed by atoms with Crippen LogP contribution in [0.15, 0.2) is 5.10 Å². The van der Waals surface area contributed by atoms with E-state index in [1.807, 2.05) is 11.7 Å². The number of rotatable bonds is 5. The first-order valence-corrected chi connectivity index (χ1v) is 8.51. The van der Waals surface area contributed by atoms with E-state index in [0.717, 1.165) is 0 Å². The second-order valence-corrected chi connectivity index (χ2v) is 9.47. The summed E-state index contributed by atoms with van der Waals surface area (Å²) in [4.78, 5) is 22.6. The Balaban J connectivity index is 4.71. The molecule has 5 heteroatoms. The van der Waals surface area contributed by atoms with Gasteiger partial charge in [0.1, 0.15) is 5.71 Å². The summed E-state index contributed by atoms with van der Waals surface area (Å²) in [6, 6.07) is 0. The molecular weight excluding hydrogens is 208 g/mol. The van der Waals surface area contributed by atoms with Gasteiger partial charge in [-0.05, 0) is 6.92 Å². The average Bonchev–Trinajstić information content (AvgIpc) is 2.13. The highest BCUT2D eigenvalue weighted by atomic mass is 28.3. The number of hydrogen-bond donors (Lipinski definition) is 0. The van der Waals surface area contributed by atoms with Gasteiger partial charge in [0.2, 0.25) is 11.6 Å². The fourth-order valence-electron chi connectivity index (χ4n) is 0.783. The van der Waals surface area contributed by atoms with Gasteiger partial charge in [0.25, 0.3) is 0 Å². The standard InChI is InChI=1S/C10H20N2O2Si/c1-7-9(13)10(14)8(2)11-12(3)15(4,5)6/h7H2,1-6H3/b11-8+. The van der Waals surface area contributed by atoms with Crippen molar-refractivity contribution in [3.8, 4) is 0 Å². The van der Waals surface area contributed by atoms with Gasteiger partial charge in [0.15, 0.2) is 8.24 Å². The Morgan fingerprint density at radius 2 is 1.73 bits per heavy atom. The zero-order valence-electron chi connectivity index (χ0n) is 10.4. The minimum Gasteiger partial charge on any atom is -0.327 e. The highest BCUT2D eigenvalue weighted by Gasteiger charge is 2.21. The Bertz CT molecular complexity index is 292. The van der Waals surface area contributed by atoms with Gasteiger partial charge in [-0.1, -0.05) is 26.6 Å². The van der Waals surface area contributed by atoms with Crippen LogP contribution in [0.2, 0.25) is 19.6 Å². The predicted octanol–water partition coefficient (Wildman–Crippen LogP) is 1.68. The number of ketones is 2. The number of carbonyl (C=O) groups is 2. The normalized spacial score (nSPS) is 12.5. The molecule has 0 rings (SSSR count). The number of Topliss-reactive ketones (excluding diaryl/α,β-unsaturated/α-hetero) is 2. The summed E-state index contributed by atoms with van der Waals surface area (Å²) in [5, 5.41) is 4.16. The van der Waals surface area contributed by atoms with Crippen LogP contribution in [0.1, 0.15) is 20.3 Å². The van der Waals surface area contributed by atoms with Gasteiger partial charge < -0.3 is 4.67 Å². The Kier molecular flexibility index (Phi) is 4.87. The molecule has 0 aromatic rings. The van der Waals surface area contributed by atoms with E-state index in [2.05, 4.69) is 24.7 Å². The molecule has 4 nitrogen and oxygen atoms in total. The third-order valence-electron chi connectivity index (χ3n) is 2.17. The minimum absolute atomic E-state index is 0.238. The smallest absolute Gasteiger partial charge is 0.244 e. The third-order valence-corrected chi connectivity index (χ3v) is 4.22. The highest BCUT2D eigenvalue weighted by molar-refractivity contribution is 6.73. The number of carbonyl (C=O) groups excluding carboxylic acids is 2. The van der Waals surface area contributed by atoms with Gasteiger partial charge in [0.05, 0.1) is 0 Å². The van der Waals surface area contributed by atoms with E-state index in [1.54, 1.807) is 13.8 Å². The van der Waals surface area contributed by atoms with Crippen LogP contribution in [0.5, 0.6) is 0 Å². The van der Waals surface area contributed by atoms with Crippen LogP contribution in [0.4, 0.5) is 0 Å². The zero-order valence-corrected chi connectivity index (χ0v) is 11.4. The SMILES string of the molecule is CCC(=O)C(=O)/C(C)=N/N(C)[Si](C)(C)C. The second-order valence-electron chi connectivity index (χ2n) is 4.49. The first-order chi connectivity index (χ1) is 6.70. The van der Waals surface area contributed by atoms with Crippen molar-refractivity contribution < 1.29 is 9.59 Å². The molecule has 0 amide bonds. The molecule has 0 heterocycles. The fourth-order valence-corrected chi connectivity index (χ4v) is 1.23. The molecule has 0 aromatic heterocycles. The van der Waals surface area contributed by atoms with Gasteiger partial charge in [-0.15, -0.1) is 0 Å². The lowest BCUT2D eigenvalue weighted by molar-refractivity contribution is -0.132. The minimum atomic E-state index is -1.53. The molecule has 15 heavy (non-hydrogen) atoms. The first kappa shape index (κ1) is 14.0. The van der Waals surface area contributed by atoms with E-state index in [-0.39, 0.29) is 17.9 Å². The van der Waals surface area contributed by atoms with Crippen molar-refractivity contribution >= 4 is 25.5 Å². The molecule has 0 aliphatic carbocycles. The van der Waals surface area contributed by atoms with Crippen LogP contribution in [-0.4, -0.2) is 37.2 Å². The van der Waals surface area contributed by atoms with Crippen molar-refractivity contribution in [2.24, 2.45) is 5.10 Å². The Morgan fingerprint density at radius 3 is 2.07 bits per heavy atom. The monoisotopic (exact) mass is 228 g/mol. The van der Waals surface area contributed by atoms with Crippen LogP contribution < -0.4 is 0 Å². The van der Waals surface area contributed by atoms with Gasteiger partial charge >= 0.3 is 0 Å². The number of hydrazone groups is 1. The van der Waals surface area contributed by atoms with Gasteiger partial charge in [0, 0.05) is 13.5 Å². The van der Waals surface area contributed by atoms with Crippen molar-refractivity contribution in [3.05, 3.63) is 0 Å². The maximum atomic E-state index is 11.4. The van der Waals surface area contributed by atoms with E-state index < -0.39 is 14.0 Å². The van der Waals surface area contributed by atoms with Crippen molar-refractivity contribution in [1.82, 2.24) is 4.67 Å². The predicted molar refractivity (Wildman–Crippen MR) is 64.5 cm³/mol. The summed E-state index contributed by atoms with van der Waals surface area (Å²) >= 11 is 0. The van der Waals surface area contributed by atoms with Gasteiger partial charge in [-0.2, -0.15) is 5.10 Å². The van der Waals surface area contributed by atoms with E-state index >= 15 is 0 Å². The lowest BCUT2D eigenvalue weighted by Gasteiger charge is -2.27. The summed E-state index contributed by atoms with van der Waals surface area (Å²) in [5.41, 5.74) is 0.284. The molecule has 0 saturated heterocycles. The molecule has 0 saturated carbocycles. The molecule has 0 bridgehead atoms. The molecule has 0 spiro atoms. The van der Waals surface area contributed by atoms with Crippen LogP contribution in [0, 0.1) is 0 Å². The molecule has 0 fully saturated rings. The van der Waals surface area contributed by atoms with Crippen LogP contribution in [0.25, 0.3) is 0 Å². The third kappa shape index (κ3) is 4.38. The molecule has 0 aliphatic rings. The molecule has 0 radical (unpaired) electrons. The van der Waals surface area contributed by atoms with Crippen molar-refractivity contribution in [2.45, 2.75) is 39.9 Å². The second kappa shape index (κ2) is 5.20. The van der Waals surface area contributed by atoms with Crippen molar-refractivity contribution in [1.29, 1.82) is 0 Å². The van der Waals surface area contributed by atoms with Gasteiger partial charge in [-0.3, -0.25) is 9.59 Å². The maximum Gasteiger partial charge on any atom is 0.244 e. The Morgan fingerprint density at radius 1 is 1.27 bits per heavy atom. The molecule has 0 N–H and O–H groups in total.